The minimum atomic E-state index is -0.367. The molecule has 0 saturated carbocycles. The first-order valence-electron chi connectivity index (χ1n) is 10.3. The van der Waals surface area contributed by atoms with Crippen molar-refractivity contribution in [2.75, 3.05) is 19.0 Å². The fraction of sp³-hybridized carbons (Fsp3) is 0.391. The van der Waals surface area contributed by atoms with Crippen LogP contribution in [0.25, 0.3) is 0 Å². The van der Waals surface area contributed by atoms with Gasteiger partial charge < -0.3 is 19.9 Å². The monoisotopic (exact) mass is 391 g/mol. The molecule has 3 amide bonds. The minimum Gasteiger partial charge on any atom is -0.497 e. The van der Waals surface area contributed by atoms with E-state index in [0.717, 1.165) is 42.7 Å². The van der Waals surface area contributed by atoms with Crippen LogP contribution in [0.5, 0.6) is 5.75 Å². The van der Waals surface area contributed by atoms with E-state index in [0.29, 0.717) is 6.54 Å². The highest BCUT2D eigenvalue weighted by Gasteiger charge is 2.52. The van der Waals surface area contributed by atoms with Crippen molar-refractivity contribution in [3.05, 3.63) is 59.7 Å². The van der Waals surface area contributed by atoms with Crippen LogP contribution in [0.2, 0.25) is 0 Å². The number of hydrogen-bond acceptors (Lipinski definition) is 3. The van der Waals surface area contributed by atoms with Crippen LogP contribution in [0, 0.1) is 0 Å². The predicted molar refractivity (Wildman–Crippen MR) is 110 cm³/mol. The number of urea groups is 1. The van der Waals surface area contributed by atoms with E-state index in [4.69, 9.17) is 4.74 Å². The third-order valence-electron chi connectivity index (χ3n) is 6.49. The van der Waals surface area contributed by atoms with Gasteiger partial charge in [0.25, 0.3) is 0 Å². The molecule has 150 valence electrons. The number of nitrogens with one attached hydrogen (secondary N) is 1. The zero-order chi connectivity index (χ0) is 20.0. The molecule has 0 radical (unpaired) electrons. The van der Waals surface area contributed by atoms with Crippen molar-refractivity contribution in [3.8, 4) is 5.75 Å². The van der Waals surface area contributed by atoms with Crippen molar-refractivity contribution < 1.29 is 14.3 Å². The molecule has 2 fully saturated rings. The average Bonchev–Trinajstić information content (AvgIpc) is 2.76. The van der Waals surface area contributed by atoms with Crippen LogP contribution in [0.15, 0.2) is 48.5 Å². The zero-order valence-electron chi connectivity index (χ0n) is 16.5. The number of hydrogen-bond donors (Lipinski definition) is 1. The Kier molecular flexibility index (Phi) is 4.42. The van der Waals surface area contributed by atoms with E-state index in [1.165, 1.54) is 5.56 Å². The normalized spacial score (nSPS) is 25.1. The van der Waals surface area contributed by atoms with E-state index in [-0.39, 0.29) is 30.1 Å². The second-order valence-electron chi connectivity index (χ2n) is 8.01. The van der Waals surface area contributed by atoms with Gasteiger partial charge in [-0.05, 0) is 61.1 Å². The summed E-state index contributed by atoms with van der Waals surface area (Å²) in [6.45, 7) is 0.699. The molecular formula is C23H25N3O3. The van der Waals surface area contributed by atoms with Gasteiger partial charge in [-0.2, -0.15) is 0 Å². The quantitative estimate of drug-likeness (QED) is 0.851. The molecule has 2 aromatic rings. The van der Waals surface area contributed by atoms with Gasteiger partial charge in [0.05, 0.1) is 19.2 Å². The van der Waals surface area contributed by atoms with Gasteiger partial charge in [-0.1, -0.05) is 24.3 Å². The third-order valence-corrected chi connectivity index (χ3v) is 6.49. The Bertz CT molecular complexity index is 946. The lowest BCUT2D eigenvalue weighted by atomic mass is 9.78. The topological polar surface area (TPSA) is 61.9 Å². The zero-order valence-corrected chi connectivity index (χ0v) is 16.5. The van der Waals surface area contributed by atoms with Crippen molar-refractivity contribution in [1.29, 1.82) is 0 Å². The standard InChI is InChI=1S/C23H25N3O3/c1-29-17-10-11-18-15(14-17)12-13-25-21(18)19-8-5-9-20(22(25)27)26(19)23(28)24-16-6-3-2-4-7-16/h2-4,6-7,10-11,14,19-21H,5,8-9,12-13H2,1H3,(H,24,28). The highest BCUT2D eigenvalue weighted by Crippen LogP contribution is 2.45. The van der Waals surface area contributed by atoms with Crippen LogP contribution in [-0.4, -0.2) is 47.5 Å². The van der Waals surface area contributed by atoms with Gasteiger partial charge >= 0.3 is 6.03 Å². The molecule has 29 heavy (non-hydrogen) atoms. The van der Waals surface area contributed by atoms with Crippen LogP contribution in [0.4, 0.5) is 10.5 Å². The molecule has 3 atom stereocenters. The van der Waals surface area contributed by atoms with Crippen molar-refractivity contribution in [1.82, 2.24) is 9.80 Å². The number of ether oxygens (including phenoxy) is 1. The molecule has 3 aliphatic rings. The summed E-state index contributed by atoms with van der Waals surface area (Å²) in [6, 6.07) is 14.9. The number of rotatable bonds is 2. The minimum absolute atomic E-state index is 0.0115. The number of piperazine rings is 1. The summed E-state index contributed by atoms with van der Waals surface area (Å²) in [7, 11) is 1.67. The number of amides is 3. The van der Waals surface area contributed by atoms with Crippen LogP contribution in [-0.2, 0) is 11.2 Å². The van der Waals surface area contributed by atoms with E-state index in [1.807, 2.05) is 46.2 Å². The van der Waals surface area contributed by atoms with Gasteiger partial charge in [-0.25, -0.2) is 4.79 Å². The average molecular weight is 391 g/mol. The van der Waals surface area contributed by atoms with E-state index in [2.05, 4.69) is 17.4 Å². The van der Waals surface area contributed by atoms with Crippen molar-refractivity contribution in [3.63, 3.8) is 0 Å². The van der Waals surface area contributed by atoms with E-state index < -0.39 is 0 Å². The molecule has 0 spiro atoms. The number of para-hydroxylation sites is 1. The molecule has 3 aliphatic heterocycles. The highest BCUT2D eigenvalue weighted by atomic mass is 16.5. The maximum Gasteiger partial charge on any atom is 0.322 e. The number of nitrogens with zero attached hydrogens (tertiary/aromatic N) is 2. The molecule has 0 aliphatic carbocycles. The van der Waals surface area contributed by atoms with Crippen LogP contribution in [0.3, 0.4) is 0 Å². The Hall–Kier alpha value is -3.02. The van der Waals surface area contributed by atoms with Gasteiger partial charge in [-0.3, -0.25) is 4.79 Å². The lowest BCUT2D eigenvalue weighted by Crippen LogP contribution is -2.67. The van der Waals surface area contributed by atoms with Crippen molar-refractivity contribution in [2.45, 2.75) is 43.8 Å². The van der Waals surface area contributed by atoms with E-state index >= 15 is 0 Å². The van der Waals surface area contributed by atoms with Gasteiger partial charge in [0, 0.05) is 12.2 Å². The fourth-order valence-corrected chi connectivity index (χ4v) is 5.20. The number of anilines is 1. The lowest BCUT2D eigenvalue weighted by molar-refractivity contribution is -0.152. The molecule has 3 heterocycles. The summed E-state index contributed by atoms with van der Waals surface area (Å²) in [5, 5.41) is 2.99. The summed E-state index contributed by atoms with van der Waals surface area (Å²) in [5.41, 5.74) is 3.11. The van der Waals surface area contributed by atoms with E-state index in [1.54, 1.807) is 7.11 Å². The summed E-state index contributed by atoms with van der Waals surface area (Å²) < 4.78 is 5.39. The number of fused-ring (bicyclic) bond motifs is 6. The van der Waals surface area contributed by atoms with Crippen LogP contribution >= 0.6 is 0 Å². The Morgan fingerprint density at radius 1 is 1.14 bits per heavy atom. The maximum absolute atomic E-state index is 13.4. The number of benzene rings is 2. The molecular weight excluding hydrogens is 366 g/mol. The molecule has 3 unspecified atom stereocenters. The van der Waals surface area contributed by atoms with Gasteiger partial charge in [0.2, 0.25) is 5.91 Å². The van der Waals surface area contributed by atoms with Crippen molar-refractivity contribution >= 4 is 17.6 Å². The number of carbonyl (C=O) groups is 2. The Labute approximate surface area is 170 Å². The number of piperidine rings is 1. The Morgan fingerprint density at radius 3 is 2.76 bits per heavy atom. The number of methoxy groups -OCH3 is 1. The first-order chi connectivity index (χ1) is 14.2. The van der Waals surface area contributed by atoms with Gasteiger partial charge in [0.15, 0.2) is 0 Å². The van der Waals surface area contributed by atoms with Crippen molar-refractivity contribution in [2.24, 2.45) is 0 Å². The predicted octanol–water partition coefficient (Wildman–Crippen LogP) is 3.59. The molecule has 5 rings (SSSR count). The molecule has 2 aromatic carbocycles. The second kappa shape index (κ2) is 7.10. The SMILES string of the molecule is COc1ccc2c(c1)CCN1C(=O)C3CCCC(C21)N3C(=O)Nc1ccccc1. The van der Waals surface area contributed by atoms with E-state index in [9.17, 15) is 9.59 Å². The Morgan fingerprint density at radius 2 is 1.97 bits per heavy atom. The number of carbonyl (C=O) groups excluding carboxylic acids is 2. The Balaban J connectivity index is 1.51. The summed E-state index contributed by atoms with van der Waals surface area (Å²) in [6.07, 6.45) is 3.42. The van der Waals surface area contributed by atoms with Crippen LogP contribution < -0.4 is 10.1 Å². The third kappa shape index (κ3) is 2.94. The molecule has 2 bridgehead atoms. The van der Waals surface area contributed by atoms with Gasteiger partial charge in [-0.15, -0.1) is 0 Å². The molecule has 0 aromatic heterocycles. The first-order valence-corrected chi connectivity index (χ1v) is 10.3. The summed E-state index contributed by atoms with van der Waals surface area (Å²) in [5.74, 6) is 0.912. The first kappa shape index (κ1) is 18.0. The maximum atomic E-state index is 13.4. The summed E-state index contributed by atoms with van der Waals surface area (Å²) in [4.78, 5) is 30.4. The summed E-state index contributed by atoms with van der Waals surface area (Å²) >= 11 is 0. The van der Waals surface area contributed by atoms with Gasteiger partial charge in [0.1, 0.15) is 11.8 Å². The molecule has 1 N–H and O–H groups in total. The lowest BCUT2D eigenvalue weighted by Gasteiger charge is -2.55. The molecule has 6 heteroatoms. The largest absolute Gasteiger partial charge is 0.497 e. The second-order valence-corrected chi connectivity index (χ2v) is 8.01. The van der Waals surface area contributed by atoms with Crippen LogP contribution in [0.1, 0.15) is 36.4 Å². The molecule has 6 nitrogen and oxygen atoms in total. The fourth-order valence-electron chi connectivity index (χ4n) is 5.20. The highest BCUT2D eigenvalue weighted by molar-refractivity contribution is 5.95. The molecule has 2 saturated heterocycles. The smallest absolute Gasteiger partial charge is 0.322 e.